The Morgan fingerprint density at radius 2 is 1.89 bits per heavy atom. The summed E-state index contributed by atoms with van der Waals surface area (Å²) < 4.78 is 23.3. The number of carbonyl (C=O) groups excluding carboxylic acids is 1. The minimum Gasteiger partial charge on any atom is -0.376 e. The molecular formula is C26H25FN4O3S3. The highest BCUT2D eigenvalue weighted by molar-refractivity contribution is 7.99. The number of rotatable bonds is 8. The number of hydrogen-bond acceptors (Lipinski definition) is 7. The number of carbonyl (C=O) groups is 1. The topological polar surface area (TPSA) is 78.2 Å². The van der Waals surface area contributed by atoms with E-state index in [1.54, 1.807) is 4.57 Å². The molecule has 1 aliphatic heterocycles. The fraction of sp³-hybridized carbons (Fsp3) is 0.308. The van der Waals surface area contributed by atoms with E-state index < -0.39 is 5.82 Å². The third kappa shape index (κ3) is 5.54. The molecule has 1 atom stereocenters. The molecule has 11 heteroatoms. The number of aryl methyl sites for hydroxylation is 1. The van der Waals surface area contributed by atoms with Gasteiger partial charge in [0.05, 0.1) is 17.5 Å². The first-order chi connectivity index (χ1) is 17.9. The summed E-state index contributed by atoms with van der Waals surface area (Å²) in [6, 6.07) is 13.6. The van der Waals surface area contributed by atoms with Crippen molar-refractivity contribution < 1.29 is 13.9 Å². The molecule has 7 nitrogen and oxygen atoms in total. The fourth-order valence-corrected chi connectivity index (χ4v) is 6.31. The Bertz CT molecular complexity index is 1540. The van der Waals surface area contributed by atoms with Gasteiger partial charge in [-0.05, 0) is 73.4 Å². The van der Waals surface area contributed by atoms with Crippen LogP contribution in [0.3, 0.4) is 0 Å². The smallest absolute Gasteiger partial charge is 0.278 e. The standard InChI is InChI=1S/C26H25FN4O3S3/c1-2-16-5-9-18(10-6-16)30-23-22(37-26(30)35)24(33)31(19-11-7-17(27)8-12-19)25(29-23)36-15-21(32)28-14-20-4-3-13-34-20/h5-12,20H,2-4,13-15H2,1H3,(H,28,32)/t20-/m1/s1. The van der Waals surface area contributed by atoms with Crippen LogP contribution in [0, 0.1) is 9.77 Å². The quantitative estimate of drug-likeness (QED) is 0.186. The maximum Gasteiger partial charge on any atom is 0.278 e. The van der Waals surface area contributed by atoms with Gasteiger partial charge in [0.25, 0.3) is 5.56 Å². The Labute approximate surface area is 226 Å². The maximum atomic E-state index is 13.7. The lowest BCUT2D eigenvalue weighted by molar-refractivity contribution is -0.119. The Morgan fingerprint density at radius 3 is 2.57 bits per heavy atom. The molecular weight excluding hydrogens is 532 g/mol. The zero-order valence-electron chi connectivity index (χ0n) is 20.1. The molecule has 37 heavy (non-hydrogen) atoms. The summed E-state index contributed by atoms with van der Waals surface area (Å²) in [5.74, 6) is -0.536. The number of benzene rings is 2. The zero-order chi connectivity index (χ0) is 25.9. The second-order valence-corrected chi connectivity index (χ2v) is 11.2. The van der Waals surface area contributed by atoms with Gasteiger partial charge < -0.3 is 10.1 Å². The number of nitrogens with zero attached hydrogens (tertiary/aromatic N) is 3. The maximum absolute atomic E-state index is 13.7. The van der Waals surface area contributed by atoms with Crippen molar-refractivity contribution >= 4 is 51.6 Å². The highest BCUT2D eigenvalue weighted by Crippen LogP contribution is 2.28. The van der Waals surface area contributed by atoms with E-state index in [-0.39, 0.29) is 23.3 Å². The number of fused-ring (bicyclic) bond motifs is 1. The predicted octanol–water partition coefficient (Wildman–Crippen LogP) is 5.06. The van der Waals surface area contributed by atoms with Gasteiger partial charge in [0.2, 0.25) is 5.91 Å². The summed E-state index contributed by atoms with van der Waals surface area (Å²) in [7, 11) is 0. The molecule has 0 spiro atoms. The second kappa shape index (κ2) is 11.3. The number of nitrogens with one attached hydrogen (secondary N) is 1. The lowest BCUT2D eigenvalue weighted by Gasteiger charge is -2.14. The highest BCUT2D eigenvalue weighted by atomic mass is 32.2. The van der Waals surface area contributed by atoms with Crippen molar-refractivity contribution in [2.75, 3.05) is 18.9 Å². The molecule has 1 aliphatic rings. The predicted molar refractivity (Wildman–Crippen MR) is 147 cm³/mol. The molecule has 0 saturated carbocycles. The van der Waals surface area contributed by atoms with Crippen molar-refractivity contribution in [3.63, 3.8) is 0 Å². The minimum atomic E-state index is -0.411. The molecule has 0 radical (unpaired) electrons. The van der Waals surface area contributed by atoms with Gasteiger partial charge in [0.15, 0.2) is 14.8 Å². The third-order valence-electron chi connectivity index (χ3n) is 6.15. The van der Waals surface area contributed by atoms with E-state index in [0.717, 1.165) is 43.3 Å². The van der Waals surface area contributed by atoms with Crippen molar-refractivity contribution in [2.24, 2.45) is 0 Å². The van der Waals surface area contributed by atoms with Crippen LogP contribution < -0.4 is 10.9 Å². The van der Waals surface area contributed by atoms with Gasteiger partial charge in [0.1, 0.15) is 10.5 Å². The summed E-state index contributed by atoms with van der Waals surface area (Å²) in [6.07, 6.45) is 2.87. The first-order valence-corrected chi connectivity index (χ1v) is 14.2. The first-order valence-electron chi connectivity index (χ1n) is 12.0. The van der Waals surface area contributed by atoms with Gasteiger partial charge in [-0.25, -0.2) is 9.37 Å². The lowest BCUT2D eigenvalue weighted by Crippen LogP contribution is -2.33. The summed E-state index contributed by atoms with van der Waals surface area (Å²) in [4.78, 5) is 31.1. The molecule has 1 N–H and O–H groups in total. The molecule has 1 amide bonds. The van der Waals surface area contributed by atoms with Crippen LogP contribution in [-0.2, 0) is 16.0 Å². The Morgan fingerprint density at radius 1 is 1.19 bits per heavy atom. The zero-order valence-corrected chi connectivity index (χ0v) is 22.6. The van der Waals surface area contributed by atoms with Gasteiger partial charge in [-0.3, -0.25) is 18.7 Å². The molecule has 1 fully saturated rings. The summed E-state index contributed by atoms with van der Waals surface area (Å²) in [6.45, 7) is 3.25. The highest BCUT2D eigenvalue weighted by Gasteiger charge is 2.21. The second-order valence-electron chi connectivity index (χ2n) is 8.62. The average Bonchev–Trinajstić information content (AvgIpc) is 3.55. The van der Waals surface area contributed by atoms with Crippen LogP contribution in [0.15, 0.2) is 58.5 Å². The number of halogens is 1. The number of aromatic nitrogens is 3. The Kier molecular flexibility index (Phi) is 7.84. The fourth-order valence-electron chi connectivity index (χ4n) is 4.17. The van der Waals surface area contributed by atoms with E-state index in [1.807, 2.05) is 24.3 Å². The molecule has 0 bridgehead atoms. The Hall–Kier alpha value is -2.86. The number of ether oxygens (including phenoxy) is 1. The van der Waals surface area contributed by atoms with Gasteiger partial charge >= 0.3 is 0 Å². The Balaban J connectivity index is 1.54. The molecule has 1 saturated heterocycles. The van der Waals surface area contributed by atoms with Crippen molar-refractivity contribution in [1.82, 2.24) is 19.4 Å². The van der Waals surface area contributed by atoms with Crippen LogP contribution in [0.25, 0.3) is 21.7 Å². The molecule has 4 aromatic rings. The van der Waals surface area contributed by atoms with E-state index in [4.69, 9.17) is 21.9 Å². The van der Waals surface area contributed by atoms with Crippen molar-refractivity contribution in [1.29, 1.82) is 0 Å². The molecule has 0 unspecified atom stereocenters. The van der Waals surface area contributed by atoms with Gasteiger partial charge in [-0.2, -0.15) is 0 Å². The molecule has 192 valence electrons. The van der Waals surface area contributed by atoms with Crippen LogP contribution in [0.1, 0.15) is 25.3 Å². The van der Waals surface area contributed by atoms with Crippen LogP contribution in [0.5, 0.6) is 0 Å². The van der Waals surface area contributed by atoms with E-state index in [2.05, 4.69) is 12.2 Å². The SMILES string of the molecule is CCc1ccc(-n2c(=S)sc3c(=O)n(-c4ccc(F)cc4)c(SCC(=O)NC[C@H]4CCCO4)nc32)cc1. The van der Waals surface area contributed by atoms with E-state index in [0.29, 0.717) is 31.7 Å². The van der Waals surface area contributed by atoms with Gasteiger partial charge in [0, 0.05) is 18.8 Å². The summed E-state index contributed by atoms with van der Waals surface area (Å²) in [5, 5.41) is 3.22. The van der Waals surface area contributed by atoms with Crippen molar-refractivity contribution in [3.05, 3.63) is 74.2 Å². The number of hydrogen-bond donors (Lipinski definition) is 1. The third-order valence-corrected chi connectivity index (χ3v) is 8.44. The summed E-state index contributed by atoms with van der Waals surface area (Å²) in [5.41, 5.74) is 2.57. The number of thioether (sulfide) groups is 1. The molecule has 5 rings (SSSR count). The normalized spacial score (nSPS) is 15.4. The van der Waals surface area contributed by atoms with Crippen LogP contribution in [0.4, 0.5) is 4.39 Å². The van der Waals surface area contributed by atoms with Gasteiger partial charge in [-0.15, -0.1) is 0 Å². The monoisotopic (exact) mass is 556 g/mol. The van der Waals surface area contributed by atoms with E-state index in [9.17, 15) is 14.0 Å². The van der Waals surface area contributed by atoms with Crippen molar-refractivity contribution in [2.45, 2.75) is 37.4 Å². The minimum absolute atomic E-state index is 0.0372. The molecule has 2 aromatic carbocycles. The average molecular weight is 557 g/mol. The van der Waals surface area contributed by atoms with Crippen molar-refractivity contribution in [3.8, 4) is 11.4 Å². The molecule has 2 aromatic heterocycles. The van der Waals surface area contributed by atoms with Crippen LogP contribution in [-0.4, -0.2) is 45.0 Å². The lowest BCUT2D eigenvalue weighted by atomic mass is 10.1. The largest absolute Gasteiger partial charge is 0.376 e. The number of amides is 1. The van der Waals surface area contributed by atoms with Crippen LogP contribution in [0.2, 0.25) is 0 Å². The molecule has 3 heterocycles. The first kappa shape index (κ1) is 25.8. The molecule has 0 aliphatic carbocycles. The van der Waals surface area contributed by atoms with E-state index in [1.165, 1.54) is 45.7 Å². The van der Waals surface area contributed by atoms with Crippen LogP contribution >= 0.6 is 35.3 Å². The van der Waals surface area contributed by atoms with Gasteiger partial charge in [-0.1, -0.05) is 42.2 Å². The van der Waals surface area contributed by atoms with E-state index >= 15 is 0 Å². The number of thiazole rings is 1. The summed E-state index contributed by atoms with van der Waals surface area (Å²) >= 11 is 7.96.